The van der Waals surface area contributed by atoms with E-state index in [1.807, 2.05) is 0 Å². The van der Waals surface area contributed by atoms with Crippen molar-refractivity contribution in [3.05, 3.63) is 42.3 Å². The summed E-state index contributed by atoms with van der Waals surface area (Å²) in [5.41, 5.74) is 7.23. The topological polar surface area (TPSA) is 64.9 Å². The van der Waals surface area contributed by atoms with Crippen molar-refractivity contribution in [1.29, 1.82) is 0 Å². The van der Waals surface area contributed by atoms with Crippen LogP contribution in [0.15, 0.2) is 40.9 Å². The number of rotatable bonds is 1. The van der Waals surface area contributed by atoms with Crippen molar-refractivity contribution in [2.75, 3.05) is 5.73 Å². The van der Waals surface area contributed by atoms with E-state index in [2.05, 4.69) is 9.97 Å². The Morgan fingerprint density at radius 3 is 2.88 bits per heavy atom. The number of aromatic nitrogens is 2. The van der Waals surface area contributed by atoms with E-state index in [1.165, 1.54) is 12.3 Å². The number of hydrogen-bond acceptors (Lipinski definition) is 4. The first kappa shape index (κ1) is 9.77. The van der Waals surface area contributed by atoms with Crippen LogP contribution in [0.2, 0.25) is 0 Å². The first-order chi connectivity index (χ1) is 8.24. The Labute approximate surface area is 95.9 Å². The van der Waals surface area contributed by atoms with Crippen LogP contribution in [0.5, 0.6) is 0 Å². The monoisotopic (exact) mass is 229 g/mol. The van der Waals surface area contributed by atoms with E-state index in [9.17, 15) is 4.39 Å². The number of oxazole rings is 1. The lowest BCUT2D eigenvalue weighted by Crippen LogP contribution is -1.85. The maximum Gasteiger partial charge on any atom is 0.231 e. The zero-order valence-corrected chi connectivity index (χ0v) is 8.72. The fourth-order valence-electron chi connectivity index (χ4n) is 1.58. The summed E-state index contributed by atoms with van der Waals surface area (Å²) in [6.45, 7) is 0. The maximum absolute atomic E-state index is 13.5. The summed E-state index contributed by atoms with van der Waals surface area (Å²) in [4.78, 5) is 8.12. The van der Waals surface area contributed by atoms with Gasteiger partial charge in [0.25, 0.3) is 0 Å². The summed E-state index contributed by atoms with van der Waals surface area (Å²) in [7, 11) is 0. The molecule has 3 rings (SSSR count). The molecule has 3 aromatic rings. The van der Waals surface area contributed by atoms with Crippen LogP contribution in [0, 0.1) is 5.82 Å². The average molecular weight is 229 g/mol. The van der Waals surface area contributed by atoms with E-state index in [1.54, 1.807) is 24.3 Å². The minimum atomic E-state index is -0.382. The Morgan fingerprint density at radius 1 is 1.24 bits per heavy atom. The van der Waals surface area contributed by atoms with Crippen molar-refractivity contribution in [2.24, 2.45) is 0 Å². The smallest absolute Gasteiger partial charge is 0.231 e. The molecule has 2 aromatic heterocycles. The van der Waals surface area contributed by atoms with Crippen molar-refractivity contribution < 1.29 is 8.81 Å². The predicted molar refractivity (Wildman–Crippen MR) is 61.6 cm³/mol. The molecule has 0 fully saturated rings. The van der Waals surface area contributed by atoms with Gasteiger partial charge in [0.15, 0.2) is 11.2 Å². The lowest BCUT2D eigenvalue weighted by Gasteiger charge is -1.95. The van der Waals surface area contributed by atoms with E-state index < -0.39 is 0 Å². The van der Waals surface area contributed by atoms with Gasteiger partial charge in [-0.15, -0.1) is 0 Å². The zero-order valence-electron chi connectivity index (χ0n) is 8.72. The first-order valence-electron chi connectivity index (χ1n) is 5.01. The fraction of sp³-hybridized carbons (Fsp3) is 0. The summed E-state index contributed by atoms with van der Waals surface area (Å²) in [6.07, 6.45) is 1.48. The third-order valence-corrected chi connectivity index (χ3v) is 2.37. The van der Waals surface area contributed by atoms with Gasteiger partial charge in [0.05, 0.1) is 17.4 Å². The molecule has 0 bridgehead atoms. The van der Waals surface area contributed by atoms with Crippen LogP contribution in [0.4, 0.5) is 10.1 Å². The second-order valence-corrected chi connectivity index (χ2v) is 3.59. The number of pyridine rings is 1. The van der Waals surface area contributed by atoms with Gasteiger partial charge in [0.1, 0.15) is 5.82 Å². The van der Waals surface area contributed by atoms with Gasteiger partial charge >= 0.3 is 0 Å². The third-order valence-electron chi connectivity index (χ3n) is 2.37. The number of nitrogens with two attached hydrogens (primary N) is 1. The molecule has 0 saturated heterocycles. The quantitative estimate of drug-likeness (QED) is 0.696. The van der Waals surface area contributed by atoms with Gasteiger partial charge in [-0.25, -0.2) is 9.37 Å². The van der Waals surface area contributed by atoms with Gasteiger partial charge in [0.2, 0.25) is 5.89 Å². The van der Waals surface area contributed by atoms with Crippen LogP contribution < -0.4 is 5.73 Å². The van der Waals surface area contributed by atoms with Crippen molar-refractivity contribution in [3.8, 4) is 11.5 Å². The van der Waals surface area contributed by atoms with Gasteiger partial charge in [0, 0.05) is 6.07 Å². The van der Waals surface area contributed by atoms with E-state index in [-0.39, 0.29) is 11.7 Å². The normalized spacial score (nSPS) is 10.9. The molecule has 0 aliphatic carbocycles. The van der Waals surface area contributed by atoms with Crippen LogP contribution in [-0.4, -0.2) is 9.97 Å². The van der Waals surface area contributed by atoms with Crippen molar-refractivity contribution in [2.45, 2.75) is 0 Å². The van der Waals surface area contributed by atoms with Crippen LogP contribution in [0.25, 0.3) is 22.7 Å². The van der Waals surface area contributed by atoms with Crippen molar-refractivity contribution in [3.63, 3.8) is 0 Å². The predicted octanol–water partition coefficient (Wildman–Crippen LogP) is 2.61. The highest BCUT2D eigenvalue weighted by molar-refractivity contribution is 5.75. The van der Waals surface area contributed by atoms with Gasteiger partial charge < -0.3 is 10.2 Å². The molecule has 0 saturated carbocycles. The number of halogens is 1. The van der Waals surface area contributed by atoms with E-state index in [0.717, 1.165) is 0 Å². The molecule has 1 aromatic carbocycles. The minimum Gasteiger partial charge on any atom is -0.434 e. The largest absolute Gasteiger partial charge is 0.434 e. The Morgan fingerprint density at radius 2 is 2.06 bits per heavy atom. The Kier molecular flexibility index (Phi) is 2.04. The van der Waals surface area contributed by atoms with Crippen LogP contribution in [0.3, 0.4) is 0 Å². The maximum atomic E-state index is 13.5. The second kappa shape index (κ2) is 3.55. The molecule has 0 radical (unpaired) electrons. The molecule has 0 aliphatic rings. The second-order valence-electron chi connectivity index (χ2n) is 3.59. The molecule has 0 aliphatic heterocycles. The van der Waals surface area contributed by atoms with Gasteiger partial charge in [-0.05, 0) is 12.1 Å². The van der Waals surface area contributed by atoms with E-state index >= 15 is 0 Å². The fourth-order valence-corrected chi connectivity index (χ4v) is 1.58. The molecule has 17 heavy (non-hydrogen) atoms. The number of nitrogen functional groups attached to an aromatic ring is 1. The lowest BCUT2D eigenvalue weighted by atomic mass is 10.2. The Balaban J connectivity index is 2.22. The number of nitrogens with zero attached hydrogens (tertiary/aromatic N) is 2. The first-order valence-corrected chi connectivity index (χ1v) is 5.01. The van der Waals surface area contributed by atoms with Crippen LogP contribution in [-0.2, 0) is 0 Å². The molecule has 0 amide bonds. The Bertz CT molecular complexity index is 693. The van der Waals surface area contributed by atoms with Crippen molar-refractivity contribution >= 4 is 16.9 Å². The molecule has 84 valence electrons. The SMILES string of the molecule is Nc1cnc2nc(-c3ccccc3F)oc2c1. The van der Waals surface area contributed by atoms with Gasteiger partial charge in [-0.1, -0.05) is 12.1 Å². The molecule has 2 N–H and O–H groups in total. The number of hydrogen-bond donors (Lipinski definition) is 1. The average Bonchev–Trinajstić information content (AvgIpc) is 2.72. The third kappa shape index (κ3) is 1.61. The number of fused-ring (bicyclic) bond motifs is 1. The summed E-state index contributed by atoms with van der Waals surface area (Å²) in [5, 5.41) is 0. The molecular formula is C12H8FN3O. The summed E-state index contributed by atoms with van der Waals surface area (Å²) >= 11 is 0. The van der Waals surface area contributed by atoms with Gasteiger partial charge in [-0.3, -0.25) is 0 Å². The molecular weight excluding hydrogens is 221 g/mol. The standard InChI is InChI=1S/C12H8FN3O/c13-9-4-2-1-3-8(9)12-16-11-10(17-12)5-7(14)6-15-11/h1-6H,14H2. The Hall–Kier alpha value is -2.43. The zero-order chi connectivity index (χ0) is 11.8. The minimum absolute atomic E-state index is 0.205. The highest BCUT2D eigenvalue weighted by Crippen LogP contribution is 2.25. The highest BCUT2D eigenvalue weighted by atomic mass is 19.1. The number of benzene rings is 1. The molecule has 4 nitrogen and oxygen atoms in total. The molecule has 0 atom stereocenters. The highest BCUT2D eigenvalue weighted by Gasteiger charge is 2.12. The van der Waals surface area contributed by atoms with Gasteiger partial charge in [-0.2, -0.15) is 4.98 Å². The lowest BCUT2D eigenvalue weighted by molar-refractivity contribution is 0.593. The van der Waals surface area contributed by atoms with E-state index in [0.29, 0.717) is 22.5 Å². The number of anilines is 1. The molecule has 5 heteroatoms. The van der Waals surface area contributed by atoms with Crippen LogP contribution >= 0.6 is 0 Å². The van der Waals surface area contributed by atoms with E-state index in [4.69, 9.17) is 10.2 Å². The summed E-state index contributed by atoms with van der Waals surface area (Å²) < 4.78 is 19.0. The summed E-state index contributed by atoms with van der Waals surface area (Å²) in [6, 6.07) is 7.89. The van der Waals surface area contributed by atoms with Crippen LogP contribution in [0.1, 0.15) is 0 Å². The summed E-state index contributed by atoms with van der Waals surface area (Å²) in [5.74, 6) is -0.178. The van der Waals surface area contributed by atoms with Crippen molar-refractivity contribution in [1.82, 2.24) is 9.97 Å². The molecule has 0 unspecified atom stereocenters. The molecule has 0 spiro atoms. The molecule has 2 heterocycles.